The number of nitrogens with two attached hydrogens (primary N) is 1. The van der Waals surface area contributed by atoms with E-state index in [0.29, 0.717) is 30.2 Å². The number of nitrogen functional groups attached to an aromatic ring is 1. The van der Waals surface area contributed by atoms with Gasteiger partial charge >= 0.3 is 11.7 Å². The van der Waals surface area contributed by atoms with Gasteiger partial charge in [0.1, 0.15) is 17.6 Å². The van der Waals surface area contributed by atoms with Gasteiger partial charge in [-0.1, -0.05) is 0 Å². The molecule has 0 saturated heterocycles. The molecule has 3 heterocycles. The first-order valence-corrected chi connectivity index (χ1v) is 11.6. The molecule has 0 spiro atoms. The van der Waals surface area contributed by atoms with Crippen molar-refractivity contribution in [3.05, 3.63) is 81.8 Å². The molecule has 1 aliphatic heterocycles. The van der Waals surface area contributed by atoms with Gasteiger partial charge in [-0.15, -0.1) is 9.78 Å². The molecule has 1 atom stereocenters. The molecule has 13 nitrogen and oxygen atoms in total. The maximum absolute atomic E-state index is 12.8. The molecule has 0 amide bonds. The third kappa shape index (κ3) is 4.76. The molecule has 0 bridgehead atoms. The third-order valence-electron chi connectivity index (χ3n) is 5.81. The summed E-state index contributed by atoms with van der Waals surface area (Å²) in [6, 6.07) is 9.49. The molecular formula is C25H24N8O5. The van der Waals surface area contributed by atoms with Crippen molar-refractivity contribution in [3.8, 4) is 23.2 Å². The van der Waals surface area contributed by atoms with Gasteiger partial charge in [0, 0.05) is 43.1 Å². The van der Waals surface area contributed by atoms with E-state index in [1.54, 1.807) is 37.4 Å². The molecule has 38 heavy (non-hydrogen) atoms. The summed E-state index contributed by atoms with van der Waals surface area (Å²) in [5.74, 6) is 0.909. The Labute approximate surface area is 216 Å². The van der Waals surface area contributed by atoms with Crippen LogP contribution in [0.4, 0.5) is 5.69 Å². The van der Waals surface area contributed by atoms with Crippen molar-refractivity contribution in [1.29, 1.82) is 5.41 Å². The van der Waals surface area contributed by atoms with Crippen LogP contribution in [0.1, 0.15) is 35.5 Å². The van der Waals surface area contributed by atoms with Crippen molar-refractivity contribution in [2.75, 3.05) is 19.0 Å². The predicted octanol–water partition coefficient (Wildman–Crippen LogP) is 1.70. The number of aromatic nitrogens is 5. The van der Waals surface area contributed by atoms with Crippen molar-refractivity contribution < 1.29 is 19.0 Å². The van der Waals surface area contributed by atoms with Crippen molar-refractivity contribution in [3.63, 3.8) is 0 Å². The smallest absolute Gasteiger partial charge is 0.350 e. The summed E-state index contributed by atoms with van der Waals surface area (Å²) in [7, 11) is 1.55. The summed E-state index contributed by atoms with van der Waals surface area (Å²) >= 11 is 0. The standard InChI is InChI=1S/C25H24N8O5/c1-13(34)38-18-12-16(4-5-17(18)22(26)27)30-20(15-10-14-6-9-37-21(14)19(11-15)36-2)23-31-25(35)33(32-23)24-28-7-3-8-29-24/h3-5,7-8,10-12,20,30H,6,9H2,1-2H3,(H3,26,27)(H,31,32,35)/t20-/m0/s1. The van der Waals surface area contributed by atoms with E-state index in [1.165, 1.54) is 19.3 Å². The lowest BCUT2D eigenvalue weighted by Crippen LogP contribution is -2.18. The van der Waals surface area contributed by atoms with Gasteiger partial charge in [0.25, 0.3) is 5.95 Å². The van der Waals surface area contributed by atoms with Crippen molar-refractivity contribution in [2.45, 2.75) is 19.4 Å². The fraction of sp³-hybridized carbons (Fsp3) is 0.200. The number of methoxy groups -OCH3 is 1. The average molecular weight is 517 g/mol. The first kappa shape index (κ1) is 24.5. The second-order valence-corrected chi connectivity index (χ2v) is 8.38. The molecule has 194 valence electrons. The first-order valence-electron chi connectivity index (χ1n) is 11.6. The highest BCUT2D eigenvalue weighted by molar-refractivity contribution is 5.98. The molecule has 4 aromatic rings. The second-order valence-electron chi connectivity index (χ2n) is 8.38. The third-order valence-corrected chi connectivity index (χ3v) is 5.81. The maximum atomic E-state index is 12.8. The number of nitrogens with one attached hydrogen (secondary N) is 3. The highest BCUT2D eigenvalue weighted by Crippen LogP contribution is 2.40. The van der Waals surface area contributed by atoms with Crippen LogP contribution < -0.4 is 31.0 Å². The van der Waals surface area contributed by atoms with Crippen LogP contribution in [0.3, 0.4) is 0 Å². The minimum Gasteiger partial charge on any atom is -0.493 e. The normalized spacial score (nSPS) is 12.8. The number of rotatable bonds is 8. The van der Waals surface area contributed by atoms with Crippen LogP contribution >= 0.6 is 0 Å². The number of anilines is 1. The number of fused-ring (bicyclic) bond motifs is 1. The van der Waals surface area contributed by atoms with Gasteiger partial charge in [0.15, 0.2) is 17.3 Å². The molecule has 0 unspecified atom stereocenters. The lowest BCUT2D eigenvalue weighted by molar-refractivity contribution is -0.131. The van der Waals surface area contributed by atoms with Crippen molar-refractivity contribution in [1.82, 2.24) is 24.7 Å². The average Bonchev–Trinajstić information content (AvgIpc) is 3.53. The zero-order chi connectivity index (χ0) is 26.8. The first-order chi connectivity index (χ1) is 18.3. The fourth-order valence-electron chi connectivity index (χ4n) is 4.17. The predicted molar refractivity (Wildman–Crippen MR) is 136 cm³/mol. The molecule has 0 saturated carbocycles. The Bertz CT molecular complexity index is 1580. The Kier molecular flexibility index (Phi) is 6.47. The quantitative estimate of drug-likeness (QED) is 0.116. The van der Waals surface area contributed by atoms with Crippen molar-refractivity contribution >= 4 is 17.5 Å². The van der Waals surface area contributed by atoms with Gasteiger partial charge in [-0.2, -0.15) is 0 Å². The van der Waals surface area contributed by atoms with E-state index in [9.17, 15) is 9.59 Å². The van der Waals surface area contributed by atoms with E-state index in [1.807, 2.05) is 6.07 Å². The minimum absolute atomic E-state index is 0.113. The zero-order valence-electron chi connectivity index (χ0n) is 20.5. The van der Waals surface area contributed by atoms with E-state index in [-0.39, 0.29) is 28.9 Å². The molecule has 1 aliphatic rings. The molecule has 0 radical (unpaired) electrons. The Balaban J connectivity index is 1.62. The largest absolute Gasteiger partial charge is 0.493 e. The van der Waals surface area contributed by atoms with Gasteiger partial charge < -0.3 is 25.3 Å². The molecule has 5 N–H and O–H groups in total. The Morgan fingerprint density at radius 1 is 1.24 bits per heavy atom. The van der Waals surface area contributed by atoms with Crippen LogP contribution in [0, 0.1) is 5.41 Å². The molecule has 2 aromatic heterocycles. The van der Waals surface area contributed by atoms with E-state index < -0.39 is 17.7 Å². The number of ether oxygens (including phenoxy) is 3. The van der Waals surface area contributed by atoms with Gasteiger partial charge in [0.2, 0.25) is 0 Å². The van der Waals surface area contributed by atoms with Crippen LogP contribution in [0.25, 0.3) is 5.95 Å². The van der Waals surface area contributed by atoms with Crippen LogP contribution in [0.5, 0.6) is 17.2 Å². The number of aromatic amines is 1. The van der Waals surface area contributed by atoms with Crippen LogP contribution in [-0.4, -0.2) is 50.3 Å². The summed E-state index contributed by atoms with van der Waals surface area (Å²) in [5, 5.41) is 15.6. The van der Waals surface area contributed by atoms with Gasteiger partial charge in [-0.25, -0.2) is 14.8 Å². The Morgan fingerprint density at radius 3 is 2.74 bits per heavy atom. The van der Waals surface area contributed by atoms with E-state index in [0.717, 1.165) is 15.8 Å². The van der Waals surface area contributed by atoms with Crippen LogP contribution in [-0.2, 0) is 11.2 Å². The summed E-state index contributed by atoms with van der Waals surface area (Å²) in [4.78, 5) is 35.5. The monoisotopic (exact) mass is 516 g/mol. The summed E-state index contributed by atoms with van der Waals surface area (Å²) in [6.45, 7) is 1.79. The summed E-state index contributed by atoms with van der Waals surface area (Å²) in [5.41, 5.74) is 7.59. The molecule has 13 heteroatoms. The number of carbonyl (C=O) groups excluding carboxylic acids is 1. The number of hydrogen-bond donors (Lipinski definition) is 4. The highest BCUT2D eigenvalue weighted by atomic mass is 16.5. The fourth-order valence-corrected chi connectivity index (χ4v) is 4.17. The lowest BCUT2D eigenvalue weighted by Gasteiger charge is -2.21. The van der Waals surface area contributed by atoms with Gasteiger partial charge in [0.05, 0.1) is 19.3 Å². The summed E-state index contributed by atoms with van der Waals surface area (Å²) < 4.78 is 17.7. The number of nitrogens with zero attached hydrogens (tertiary/aromatic N) is 4. The molecule has 0 fully saturated rings. The van der Waals surface area contributed by atoms with Crippen LogP contribution in [0.2, 0.25) is 0 Å². The van der Waals surface area contributed by atoms with Gasteiger partial charge in [-0.3, -0.25) is 15.2 Å². The Morgan fingerprint density at radius 2 is 2.03 bits per heavy atom. The second kappa shape index (κ2) is 10.0. The maximum Gasteiger partial charge on any atom is 0.350 e. The summed E-state index contributed by atoms with van der Waals surface area (Å²) in [6.07, 6.45) is 3.72. The SMILES string of the molecule is COc1cc([C@H](Nc2ccc(C(=N)N)c(OC(C)=O)c2)c2nn(-c3ncccn3)c(=O)[nH]2)cc2c1OCC2. The number of esters is 1. The number of hydrogen-bond acceptors (Lipinski definition) is 10. The number of benzene rings is 2. The van der Waals surface area contributed by atoms with E-state index in [2.05, 4.69) is 25.4 Å². The van der Waals surface area contributed by atoms with E-state index in [4.69, 9.17) is 25.4 Å². The highest BCUT2D eigenvalue weighted by Gasteiger charge is 2.26. The molecule has 0 aliphatic carbocycles. The van der Waals surface area contributed by atoms with Crippen LogP contribution in [0.15, 0.2) is 53.6 Å². The molecular weight excluding hydrogens is 492 g/mol. The lowest BCUT2D eigenvalue weighted by atomic mass is 10.0. The minimum atomic E-state index is -0.694. The number of carbonyl (C=O) groups is 1. The van der Waals surface area contributed by atoms with E-state index >= 15 is 0 Å². The zero-order valence-corrected chi connectivity index (χ0v) is 20.5. The Hall–Kier alpha value is -5.20. The topological polar surface area (TPSA) is 183 Å². The number of amidine groups is 1. The van der Waals surface area contributed by atoms with Crippen molar-refractivity contribution in [2.24, 2.45) is 5.73 Å². The molecule has 5 rings (SSSR count). The number of H-pyrrole nitrogens is 1. The molecule has 2 aromatic carbocycles. The van der Waals surface area contributed by atoms with Gasteiger partial charge in [-0.05, 0) is 35.9 Å².